The summed E-state index contributed by atoms with van der Waals surface area (Å²) in [6.45, 7) is 0. The molecule has 0 aliphatic heterocycles. The monoisotopic (exact) mass is 349 g/mol. The van der Waals surface area contributed by atoms with Crippen molar-refractivity contribution in [2.45, 2.75) is 0 Å². The van der Waals surface area contributed by atoms with E-state index in [-0.39, 0.29) is 0 Å². The molecule has 0 atom stereocenters. The first-order chi connectivity index (χ1) is 9.24. The average Bonchev–Trinajstić information content (AvgIpc) is 2.93. The Morgan fingerprint density at radius 1 is 1.00 bits per heavy atom. The van der Waals surface area contributed by atoms with E-state index in [9.17, 15) is 0 Å². The molecule has 0 bridgehead atoms. The first kappa shape index (κ1) is 12.9. The van der Waals surface area contributed by atoms with Crippen LogP contribution in [-0.2, 0) is 0 Å². The minimum Gasteiger partial charge on any atom is -0.245 e. The van der Waals surface area contributed by atoms with Gasteiger partial charge in [0, 0.05) is 26.6 Å². The maximum Gasteiger partial charge on any atom is 0.123 e. The van der Waals surface area contributed by atoms with Crippen molar-refractivity contribution >= 4 is 38.9 Å². The van der Waals surface area contributed by atoms with Gasteiger partial charge >= 0.3 is 0 Å². The molecule has 1 aromatic heterocycles. The molecule has 0 aliphatic carbocycles. The fourth-order valence-electron chi connectivity index (χ4n) is 1.93. The third-order valence-electron chi connectivity index (χ3n) is 2.80. The van der Waals surface area contributed by atoms with E-state index < -0.39 is 0 Å². The molecule has 3 aromatic rings. The van der Waals surface area contributed by atoms with E-state index in [1.54, 1.807) is 11.3 Å². The lowest BCUT2D eigenvalue weighted by Gasteiger charge is -2.08. The molecular formula is C15H9BrClNS. The van der Waals surface area contributed by atoms with Gasteiger partial charge in [0.2, 0.25) is 0 Å². The van der Waals surface area contributed by atoms with Gasteiger partial charge in [0.15, 0.2) is 0 Å². The molecule has 0 saturated carbocycles. The normalized spacial score (nSPS) is 10.6. The van der Waals surface area contributed by atoms with E-state index >= 15 is 0 Å². The molecule has 0 amide bonds. The average molecular weight is 351 g/mol. The second-order valence-electron chi connectivity index (χ2n) is 4.03. The first-order valence-electron chi connectivity index (χ1n) is 5.69. The van der Waals surface area contributed by atoms with Crippen LogP contribution in [0.1, 0.15) is 0 Å². The molecule has 94 valence electrons. The van der Waals surface area contributed by atoms with Crippen molar-refractivity contribution in [1.29, 1.82) is 0 Å². The Labute approximate surface area is 129 Å². The van der Waals surface area contributed by atoms with Gasteiger partial charge in [0.25, 0.3) is 0 Å². The zero-order valence-corrected chi connectivity index (χ0v) is 13.0. The summed E-state index contributed by atoms with van der Waals surface area (Å²) in [6.07, 6.45) is 1.82. The molecule has 4 heteroatoms. The summed E-state index contributed by atoms with van der Waals surface area (Å²) in [6, 6.07) is 14.1. The van der Waals surface area contributed by atoms with E-state index in [1.165, 1.54) is 0 Å². The molecule has 0 radical (unpaired) electrons. The van der Waals surface area contributed by atoms with Gasteiger partial charge in [-0.2, -0.15) is 0 Å². The van der Waals surface area contributed by atoms with Crippen LogP contribution in [0, 0.1) is 0 Å². The van der Waals surface area contributed by atoms with Crippen LogP contribution in [0.25, 0.3) is 21.7 Å². The molecule has 0 N–H and O–H groups in total. The van der Waals surface area contributed by atoms with E-state index in [0.717, 1.165) is 31.2 Å². The summed E-state index contributed by atoms with van der Waals surface area (Å²) in [5, 5.41) is 3.72. The van der Waals surface area contributed by atoms with Crippen molar-refractivity contribution in [1.82, 2.24) is 4.98 Å². The van der Waals surface area contributed by atoms with Crippen molar-refractivity contribution in [3.05, 3.63) is 63.5 Å². The van der Waals surface area contributed by atoms with Crippen molar-refractivity contribution < 1.29 is 0 Å². The Morgan fingerprint density at radius 2 is 1.79 bits per heavy atom. The Hall–Kier alpha value is -1.16. The van der Waals surface area contributed by atoms with E-state index in [2.05, 4.69) is 33.0 Å². The molecule has 0 aliphatic rings. The molecule has 0 unspecified atom stereocenters. The molecular weight excluding hydrogens is 342 g/mol. The highest BCUT2D eigenvalue weighted by Gasteiger charge is 2.10. The van der Waals surface area contributed by atoms with E-state index in [0.29, 0.717) is 0 Å². The smallest absolute Gasteiger partial charge is 0.123 e. The Kier molecular flexibility index (Phi) is 3.69. The second-order valence-corrected chi connectivity index (χ2v) is 6.28. The van der Waals surface area contributed by atoms with Gasteiger partial charge in [0.1, 0.15) is 5.01 Å². The van der Waals surface area contributed by atoms with Crippen LogP contribution < -0.4 is 0 Å². The van der Waals surface area contributed by atoms with Gasteiger partial charge in [-0.1, -0.05) is 39.7 Å². The highest BCUT2D eigenvalue weighted by Crippen LogP contribution is 2.35. The van der Waals surface area contributed by atoms with Crippen LogP contribution >= 0.6 is 38.9 Å². The summed E-state index contributed by atoms with van der Waals surface area (Å²) in [4.78, 5) is 4.39. The fourth-order valence-corrected chi connectivity index (χ4v) is 3.04. The summed E-state index contributed by atoms with van der Waals surface area (Å²) in [5.41, 5.74) is 3.35. The number of hydrogen-bond acceptors (Lipinski definition) is 2. The van der Waals surface area contributed by atoms with Gasteiger partial charge in [0.05, 0.1) is 0 Å². The van der Waals surface area contributed by atoms with Gasteiger partial charge in [-0.3, -0.25) is 0 Å². The van der Waals surface area contributed by atoms with E-state index in [4.69, 9.17) is 11.6 Å². The summed E-state index contributed by atoms with van der Waals surface area (Å²) >= 11 is 11.2. The highest BCUT2D eigenvalue weighted by molar-refractivity contribution is 9.10. The lowest BCUT2D eigenvalue weighted by molar-refractivity contribution is 1.41. The minimum absolute atomic E-state index is 0.734. The van der Waals surface area contributed by atoms with Crippen LogP contribution in [0.3, 0.4) is 0 Å². The number of aromatic nitrogens is 1. The number of thiazole rings is 1. The number of halogens is 2. The summed E-state index contributed by atoms with van der Waals surface area (Å²) < 4.78 is 1.06. The molecule has 0 spiro atoms. The number of nitrogens with zero attached hydrogens (tertiary/aromatic N) is 1. The largest absolute Gasteiger partial charge is 0.245 e. The predicted octanol–water partition coefficient (Wildman–Crippen LogP) is 5.89. The topological polar surface area (TPSA) is 12.9 Å². The van der Waals surface area contributed by atoms with Crippen LogP contribution in [0.5, 0.6) is 0 Å². The molecule has 3 rings (SSSR count). The van der Waals surface area contributed by atoms with Crippen LogP contribution in [0.4, 0.5) is 0 Å². The van der Waals surface area contributed by atoms with Gasteiger partial charge < -0.3 is 0 Å². The van der Waals surface area contributed by atoms with Crippen molar-refractivity contribution in [3.63, 3.8) is 0 Å². The maximum absolute atomic E-state index is 6.13. The summed E-state index contributed by atoms with van der Waals surface area (Å²) in [5.74, 6) is 0. The van der Waals surface area contributed by atoms with Crippen molar-refractivity contribution in [2.24, 2.45) is 0 Å². The Bertz CT molecular complexity index is 693. The fraction of sp³-hybridized carbons (Fsp3) is 0. The zero-order chi connectivity index (χ0) is 13.2. The van der Waals surface area contributed by atoms with Gasteiger partial charge in [-0.15, -0.1) is 11.3 Å². The zero-order valence-electron chi connectivity index (χ0n) is 9.81. The molecule has 2 aromatic carbocycles. The molecule has 0 saturated heterocycles. The Morgan fingerprint density at radius 3 is 2.47 bits per heavy atom. The molecule has 1 nitrogen and oxygen atoms in total. The van der Waals surface area contributed by atoms with E-state index in [1.807, 2.05) is 41.9 Å². The van der Waals surface area contributed by atoms with Crippen molar-refractivity contribution in [2.75, 3.05) is 0 Å². The SMILES string of the molecule is Clc1ccc(-c2nccs2)c(-c2ccc(Br)cc2)c1. The Balaban J connectivity index is 2.19. The second kappa shape index (κ2) is 5.45. The third kappa shape index (κ3) is 2.73. The molecule has 1 heterocycles. The summed E-state index contributed by atoms with van der Waals surface area (Å²) in [7, 11) is 0. The van der Waals surface area contributed by atoms with Gasteiger partial charge in [-0.25, -0.2) is 4.98 Å². The van der Waals surface area contributed by atoms with Crippen LogP contribution in [0.15, 0.2) is 58.5 Å². The minimum atomic E-state index is 0.734. The lowest BCUT2D eigenvalue weighted by atomic mass is 10.0. The number of rotatable bonds is 2. The maximum atomic E-state index is 6.13. The number of hydrogen-bond donors (Lipinski definition) is 0. The van der Waals surface area contributed by atoms with Crippen LogP contribution in [0.2, 0.25) is 5.02 Å². The molecule has 19 heavy (non-hydrogen) atoms. The predicted molar refractivity (Wildman–Crippen MR) is 85.7 cm³/mol. The number of benzene rings is 2. The molecule has 0 fully saturated rings. The quantitative estimate of drug-likeness (QED) is 0.561. The van der Waals surface area contributed by atoms with Gasteiger partial charge in [-0.05, 0) is 41.5 Å². The standard InChI is InChI=1S/C15H9BrClNS/c16-11-3-1-10(2-4-11)14-9-12(17)5-6-13(14)15-18-7-8-19-15/h1-9H. The van der Waals surface area contributed by atoms with Crippen molar-refractivity contribution in [3.8, 4) is 21.7 Å². The lowest BCUT2D eigenvalue weighted by Crippen LogP contribution is -1.84. The first-order valence-corrected chi connectivity index (χ1v) is 7.74. The third-order valence-corrected chi connectivity index (χ3v) is 4.37. The van der Waals surface area contributed by atoms with Crippen LogP contribution in [-0.4, -0.2) is 4.98 Å². The highest BCUT2D eigenvalue weighted by atomic mass is 79.9.